The standard InChI is InChI=1S/C11H11BrN2S/c12-9-4-2-1-3-8(9)10(13)7-11-14-5-6-15-11/h1-6,10H,7,13H2. The lowest BCUT2D eigenvalue weighted by atomic mass is 10.1. The van der Waals surface area contributed by atoms with Crippen molar-refractivity contribution in [2.75, 3.05) is 0 Å². The normalized spacial score (nSPS) is 12.7. The van der Waals surface area contributed by atoms with Crippen LogP contribution in [0.15, 0.2) is 40.3 Å². The lowest BCUT2D eigenvalue weighted by Crippen LogP contribution is -2.13. The van der Waals surface area contributed by atoms with E-state index in [0.29, 0.717) is 0 Å². The molecule has 1 aromatic heterocycles. The molecule has 0 radical (unpaired) electrons. The Bertz CT molecular complexity index is 428. The maximum Gasteiger partial charge on any atom is 0.0943 e. The molecule has 2 rings (SSSR count). The third-order valence-electron chi connectivity index (χ3n) is 2.18. The molecule has 0 bridgehead atoms. The topological polar surface area (TPSA) is 38.9 Å². The van der Waals surface area contributed by atoms with E-state index in [1.165, 1.54) is 0 Å². The number of halogens is 1. The number of hydrogen-bond donors (Lipinski definition) is 1. The molecule has 1 aromatic carbocycles. The summed E-state index contributed by atoms with van der Waals surface area (Å²) in [5.41, 5.74) is 7.26. The summed E-state index contributed by atoms with van der Waals surface area (Å²) in [5.74, 6) is 0. The van der Waals surface area contributed by atoms with Gasteiger partial charge in [0.15, 0.2) is 0 Å². The van der Waals surface area contributed by atoms with Gasteiger partial charge in [0.25, 0.3) is 0 Å². The van der Waals surface area contributed by atoms with Crippen LogP contribution in [0.5, 0.6) is 0 Å². The lowest BCUT2D eigenvalue weighted by Gasteiger charge is -2.11. The summed E-state index contributed by atoms with van der Waals surface area (Å²) in [7, 11) is 0. The van der Waals surface area contributed by atoms with E-state index in [-0.39, 0.29) is 6.04 Å². The van der Waals surface area contributed by atoms with Crippen LogP contribution in [-0.2, 0) is 6.42 Å². The molecule has 2 nitrogen and oxygen atoms in total. The smallest absolute Gasteiger partial charge is 0.0943 e. The van der Waals surface area contributed by atoms with Gasteiger partial charge in [0, 0.05) is 28.5 Å². The second-order valence-electron chi connectivity index (χ2n) is 3.26. The van der Waals surface area contributed by atoms with Crippen LogP contribution >= 0.6 is 27.3 Å². The van der Waals surface area contributed by atoms with Crippen molar-refractivity contribution in [2.24, 2.45) is 5.73 Å². The number of aromatic nitrogens is 1. The van der Waals surface area contributed by atoms with Gasteiger partial charge in [-0.15, -0.1) is 11.3 Å². The second kappa shape index (κ2) is 4.88. The van der Waals surface area contributed by atoms with E-state index in [0.717, 1.165) is 21.5 Å². The van der Waals surface area contributed by atoms with Gasteiger partial charge in [0.05, 0.1) is 5.01 Å². The van der Waals surface area contributed by atoms with Crippen LogP contribution in [0, 0.1) is 0 Å². The molecule has 0 aliphatic carbocycles. The molecule has 0 saturated carbocycles. The van der Waals surface area contributed by atoms with E-state index in [1.807, 2.05) is 35.8 Å². The lowest BCUT2D eigenvalue weighted by molar-refractivity contribution is 0.714. The Labute approximate surface area is 101 Å². The van der Waals surface area contributed by atoms with Gasteiger partial charge in [0.2, 0.25) is 0 Å². The summed E-state index contributed by atoms with van der Waals surface area (Å²) in [6.45, 7) is 0. The summed E-state index contributed by atoms with van der Waals surface area (Å²) in [4.78, 5) is 4.23. The van der Waals surface area contributed by atoms with E-state index in [2.05, 4.69) is 20.9 Å². The van der Waals surface area contributed by atoms with Crippen molar-refractivity contribution in [2.45, 2.75) is 12.5 Å². The first-order valence-corrected chi connectivity index (χ1v) is 6.33. The second-order valence-corrected chi connectivity index (χ2v) is 5.09. The average molecular weight is 283 g/mol. The Hall–Kier alpha value is -0.710. The van der Waals surface area contributed by atoms with E-state index < -0.39 is 0 Å². The van der Waals surface area contributed by atoms with E-state index >= 15 is 0 Å². The number of nitrogens with two attached hydrogens (primary N) is 1. The molecule has 78 valence electrons. The van der Waals surface area contributed by atoms with Gasteiger partial charge in [-0.3, -0.25) is 0 Å². The minimum atomic E-state index is 0.00623. The van der Waals surface area contributed by atoms with Crippen molar-refractivity contribution in [1.82, 2.24) is 4.98 Å². The van der Waals surface area contributed by atoms with Gasteiger partial charge >= 0.3 is 0 Å². The Morgan fingerprint density at radius 3 is 2.87 bits per heavy atom. The molecule has 1 atom stereocenters. The first kappa shape index (κ1) is 10.8. The fourth-order valence-electron chi connectivity index (χ4n) is 1.43. The molecule has 1 unspecified atom stereocenters. The van der Waals surface area contributed by atoms with Crippen LogP contribution in [0.1, 0.15) is 16.6 Å². The predicted octanol–water partition coefficient (Wildman–Crippen LogP) is 3.15. The Kier molecular flexibility index (Phi) is 3.51. The highest BCUT2D eigenvalue weighted by molar-refractivity contribution is 9.10. The molecule has 0 aliphatic rings. The van der Waals surface area contributed by atoms with Crippen molar-refractivity contribution in [3.63, 3.8) is 0 Å². The first-order chi connectivity index (χ1) is 7.27. The van der Waals surface area contributed by atoms with E-state index in [9.17, 15) is 0 Å². The summed E-state index contributed by atoms with van der Waals surface area (Å²) in [6, 6.07) is 8.05. The molecule has 0 saturated heterocycles. The fourth-order valence-corrected chi connectivity index (χ4v) is 2.68. The minimum Gasteiger partial charge on any atom is -0.324 e. The molecule has 0 aliphatic heterocycles. The maximum atomic E-state index is 6.12. The van der Waals surface area contributed by atoms with Gasteiger partial charge in [-0.05, 0) is 11.6 Å². The van der Waals surface area contributed by atoms with Crippen LogP contribution in [0.3, 0.4) is 0 Å². The molecular weight excluding hydrogens is 272 g/mol. The predicted molar refractivity (Wildman–Crippen MR) is 66.9 cm³/mol. The third kappa shape index (κ3) is 2.65. The molecule has 0 fully saturated rings. The van der Waals surface area contributed by atoms with Gasteiger partial charge < -0.3 is 5.73 Å². The van der Waals surface area contributed by atoms with Crippen LogP contribution in [0.4, 0.5) is 0 Å². The Morgan fingerprint density at radius 2 is 2.20 bits per heavy atom. The summed E-state index contributed by atoms with van der Waals surface area (Å²) in [5, 5.41) is 3.06. The van der Waals surface area contributed by atoms with Crippen LogP contribution in [0.25, 0.3) is 0 Å². The third-order valence-corrected chi connectivity index (χ3v) is 3.71. The number of rotatable bonds is 3. The van der Waals surface area contributed by atoms with Crippen molar-refractivity contribution < 1.29 is 0 Å². The summed E-state index contributed by atoms with van der Waals surface area (Å²) in [6.07, 6.45) is 2.60. The Morgan fingerprint density at radius 1 is 1.40 bits per heavy atom. The Balaban J connectivity index is 2.15. The monoisotopic (exact) mass is 282 g/mol. The van der Waals surface area contributed by atoms with Gasteiger partial charge in [-0.25, -0.2) is 4.98 Å². The van der Waals surface area contributed by atoms with Crippen molar-refractivity contribution in [3.8, 4) is 0 Å². The summed E-state index contributed by atoms with van der Waals surface area (Å²) >= 11 is 5.15. The highest BCUT2D eigenvalue weighted by atomic mass is 79.9. The molecule has 2 N–H and O–H groups in total. The zero-order valence-electron chi connectivity index (χ0n) is 8.06. The van der Waals surface area contributed by atoms with Crippen LogP contribution in [0.2, 0.25) is 0 Å². The first-order valence-electron chi connectivity index (χ1n) is 4.66. The van der Waals surface area contributed by atoms with Crippen LogP contribution in [-0.4, -0.2) is 4.98 Å². The SMILES string of the molecule is NC(Cc1nccs1)c1ccccc1Br. The largest absolute Gasteiger partial charge is 0.324 e. The molecule has 15 heavy (non-hydrogen) atoms. The van der Waals surface area contributed by atoms with Crippen molar-refractivity contribution in [1.29, 1.82) is 0 Å². The number of thiazole rings is 1. The molecule has 2 aromatic rings. The number of hydrogen-bond acceptors (Lipinski definition) is 3. The number of nitrogens with zero attached hydrogens (tertiary/aromatic N) is 1. The minimum absolute atomic E-state index is 0.00623. The van der Waals surface area contributed by atoms with Gasteiger partial charge in [-0.1, -0.05) is 34.1 Å². The van der Waals surface area contributed by atoms with E-state index in [1.54, 1.807) is 11.3 Å². The zero-order chi connectivity index (χ0) is 10.7. The highest BCUT2D eigenvalue weighted by Crippen LogP contribution is 2.24. The summed E-state index contributed by atoms with van der Waals surface area (Å²) < 4.78 is 1.06. The van der Waals surface area contributed by atoms with Gasteiger partial charge in [0.1, 0.15) is 0 Å². The zero-order valence-corrected chi connectivity index (χ0v) is 10.5. The molecule has 1 heterocycles. The van der Waals surface area contributed by atoms with E-state index in [4.69, 9.17) is 5.73 Å². The fraction of sp³-hybridized carbons (Fsp3) is 0.182. The molecule has 0 amide bonds. The van der Waals surface area contributed by atoms with Gasteiger partial charge in [-0.2, -0.15) is 0 Å². The van der Waals surface area contributed by atoms with Crippen LogP contribution < -0.4 is 5.73 Å². The molecular formula is C11H11BrN2S. The average Bonchev–Trinajstić information content (AvgIpc) is 2.71. The molecule has 4 heteroatoms. The maximum absolute atomic E-state index is 6.12. The highest BCUT2D eigenvalue weighted by Gasteiger charge is 2.11. The molecule has 0 spiro atoms. The quantitative estimate of drug-likeness (QED) is 0.939. The number of benzene rings is 1. The van der Waals surface area contributed by atoms with Crippen molar-refractivity contribution in [3.05, 3.63) is 50.9 Å². The van der Waals surface area contributed by atoms with Crippen molar-refractivity contribution >= 4 is 27.3 Å².